The molecule has 0 aromatic heterocycles. The number of halogens is 2. The van der Waals surface area contributed by atoms with Gasteiger partial charge in [-0.25, -0.2) is 8.42 Å². The van der Waals surface area contributed by atoms with Gasteiger partial charge in [0, 0.05) is 3.57 Å². The van der Waals surface area contributed by atoms with Gasteiger partial charge in [-0.15, -0.1) is 0 Å². The molecule has 100 valence electrons. The Morgan fingerprint density at radius 2 is 1.63 bits per heavy atom. The molecule has 4 nitrogen and oxygen atoms in total. The largest absolute Gasteiger partial charge is 0.744 e. The van der Waals surface area contributed by atoms with Crippen molar-refractivity contribution >= 4 is 55.3 Å². The molecule has 7 heteroatoms. The number of hydrogen-bond acceptors (Lipinski definition) is 4. The Balaban J connectivity index is 2.25. The first-order valence-electron chi connectivity index (χ1n) is 5.05. The summed E-state index contributed by atoms with van der Waals surface area (Å²) >= 11 is 4.36. The maximum atomic E-state index is 10.8. The zero-order valence-electron chi connectivity index (χ0n) is 9.34. The molecule has 0 aliphatic rings. The van der Waals surface area contributed by atoms with Crippen molar-refractivity contribution < 1.29 is 17.7 Å². The summed E-state index contributed by atoms with van der Waals surface area (Å²) in [4.78, 5) is -0.267. The predicted molar refractivity (Wildman–Crippen MR) is 86.4 cm³/mol. The number of benzene rings is 2. The van der Waals surface area contributed by atoms with Crippen molar-refractivity contribution in [2.75, 3.05) is 0 Å². The minimum atomic E-state index is -4.41. The third kappa shape index (κ3) is 4.04. The minimum Gasteiger partial charge on any atom is -0.744 e. The Labute approximate surface area is 138 Å². The summed E-state index contributed by atoms with van der Waals surface area (Å²) in [6.07, 6.45) is 0. The van der Waals surface area contributed by atoms with Gasteiger partial charge in [0.2, 0.25) is 0 Å². The third-order valence-corrected chi connectivity index (χ3v) is 4.60. The third-order valence-electron chi connectivity index (χ3n) is 2.23. The van der Waals surface area contributed by atoms with Gasteiger partial charge in [0.25, 0.3) is 0 Å². The number of hydrogen-bond donors (Lipinski definition) is 0. The summed E-state index contributed by atoms with van der Waals surface area (Å²) in [7, 11) is -4.41. The zero-order valence-corrected chi connectivity index (χ0v) is 14.5. The van der Waals surface area contributed by atoms with Crippen molar-refractivity contribution in [3.05, 3.63) is 49.6 Å². The molecule has 0 aliphatic carbocycles. The van der Waals surface area contributed by atoms with Crippen LogP contribution >= 0.6 is 45.2 Å². The van der Waals surface area contributed by atoms with Gasteiger partial charge < -0.3 is 9.29 Å². The van der Waals surface area contributed by atoms with E-state index in [-0.39, 0.29) is 4.90 Å². The van der Waals surface area contributed by atoms with E-state index in [0.29, 0.717) is 11.5 Å². The van der Waals surface area contributed by atoms with Crippen LogP contribution in [-0.2, 0) is 10.1 Å². The smallest absolute Gasteiger partial charge is 0.140 e. The quantitative estimate of drug-likeness (QED) is 0.477. The summed E-state index contributed by atoms with van der Waals surface area (Å²) in [5.41, 5.74) is 0. The van der Waals surface area contributed by atoms with Crippen LogP contribution in [0.3, 0.4) is 0 Å². The fraction of sp³-hybridized carbons (Fsp3) is 0. The fourth-order valence-electron chi connectivity index (χ4n) is 1.36. The van der Waals surface area contributed by atoms with E-state index >= 15 is 0 Å². The van der Waals surface area contributed by atoms with E-state index in [0.717, 1.165) is 7.14 Å². The molecule has 0 fully saturated rings. The monoisotopic (exact) mass is 501 g/mol. The fourth-order valence-corrected chi connectivity index (χ4v) is 3.54. The van der Waals surface area contributed by atoms with Crippen LogP contribution < -0.4 is 4.74 Å². The molecule has 0 heterocycles. The highest BCUT2D eigenvalue weighted by Crippen LogP contribution is 2.28. The highest BCUT2D eigenvalue weighted by molar-refractivity contribution is 14.1. The summed E-state index contributed by atoms with van der Waals surface area (Å²) in [6.45, 7) is 0. The minimum absolute atomic E-state index is 0.267. The maximum absolute atomic E-state index is 10.8. The Morgan fingerprint density at radius 1 is 1.00 bits per heavy atom. The maximum Gasteiger partial charge on any atom is 0.140 e. The average molecular weight is 501 g/mol. The summed E-state index contributed by atoms with van der Waals surface area (Å²) in [5.74, 6) is 1.16. The molecular formula is C12H7I2O4S-. The summed E-state index contributed by atoms with van der Waals surface area (Å²) in [6, 6.07) is 11.1. The molecule has 19 heavy (non-hydrogen) atoms. The highest BCUT2D eigenvalue weighted by atomic mass is 127. The SMILES string of the molecule is O=S(=O)([O-])c1ccc(Oc2ccc(I)cc2I)cc1. The van der Waals surface area contributed by atoms with E-state index in [4.69, 9.17) is 4.74 Å². The van der Waals surface area contributed by atoms with E-state index in [1.165, 1.54) is 24.3 Å². The predicted octanol–water partition coefficient (Wildman–Crippen LogP) is 3.59. The lowest BCUT2D eigenvalue weighted by Crippen LogP contribution is -1.98. The van der Waals surface area contributed by atoms with Crippen LogP contribution in [-0.4, -0.2) is 13.0 Å². The van der Waals surface area contributed by atoms with Gasteiger partial charge in [-0.1, -0.05) is 0 Å². The average Bonchev–Trinajstić information content (AvgIpc) is 2.32. The molecule has 2 rings (SSSR count). The molecule has 0 amide bonds. The van der Waals surface area contributed by atoms with E-state index in [2.05, 4.69) is 45.2 Å². The van der Waals surface area contributed by atoms with Crippen molar-refractivity contribution in [1.82, 2.24) is 0 Å². The van der Waals surface area contributed by atoms with Gasteiger partial charge in [0.15, 0.2) is 0 Å². The Bertz CT molecular complexity index is 696. The van der Waals surface area contributed by atoms with Crippen molar-refractivity contribution in [2.24, 2.45) is 0 Å². The molecule has 2 aromatic carbocycles. The second-order valence-electron chi connectivity index (χ2n) is 3.60. The number of rotatable bonds is 3. The number of ether oxygens (including phenoxy) is 1. The van der Waals surface area contributed by atoms with Crippen LogP contribution in [0.4, 0.5) is 0 Å². The molecule has 0 unspecified atom stereocenters. The van der Waals surface area contributed by atoms with Crippen LogP contribution in [0.1, 0.15) is 0 Å². The lowest BCUT2D eigenvalue weighted by molar-refractivity contribution is 0.462. The zero-order chi connectivity index (χ0) is 14.0. The van der Waals surface area contributed by atoms with Crippen molar-refractivity contribution in [3.8, 4) is 11.5 Å². The van der Waals surface area contributed by atoms with Crippen LogP contribution in [0.5, 0.6) is 11.5 Å². The Kier molecular flexibility index (Phi) is 4.69. The Hall–Kier alpha value is -0.390. The first-order chi connectivity index (χ1) is 8.86. The van der Waals surface area contributed by atoms with Crippen molar-refractivity contribution in [2.45, 2.75) is 4.90 Å². The molecule has 0 radical (unpaired) electrons. The van der Waals surface area contributed by atoms with Gasteiger partial charge >= 0.3 is 0 Å². The highest BCUT2D eigenvalue weighted by Gasteiger charge is 2.05. The van der Waals surface area contributed by atoms with E-state index in [1.54, 1.807) is 0 Å². The molecule has 0 saturated heterocycles. The topological polar surface area (TPSA) is 66.4 Å². The van der Waals surface area contributed by atoms with Crippen molar-refractivity contribution in [3.63, 3.8) is 0 Å². The lowest BCUT2D eigenvalue weighted by Gasteiger charge is -2.10. The molecule has 0 saturated carbocycles. The van der Waals surface area contributed by atoms with Crippen molar-refractivity contribution in [1.29, 1.82) is 0 Å². The van der Waals surface area contributed by atoms with Crippen LogP contribution in [0.15, 0.2) is 47.4 Å². The lowest BCUT2D eigenvalue weighted by atomic mass is 10.3. The molecule has 2 aromatic rings. The van der Waals surface area contributed by atoms with Crippen LogP contribution in [0, 0.1) is 7.14 Å². The first-order valence-corrected chi connectivity index (χ1v) is 8.62. The normalized spacial score (nSPS) is 11.3. The summed E-state index contributed by atoms with van der Waals surface area (Å²) in [5, 5.41) is 0. The van der Waals surface area contributed by atoms with Gasteiger partial charge in [-0.2, -0.15) is 0 Å². The second-order valence-corrected chi connectivity index (χ2v) is 7.39. The Morgan fingerprint density at radius 3 is 2.16 bits per heavy atom. The second kappa shape index (κ2) is 5.94. The standard InChI is InChI=1S/C12H8I2O4S/c13-8-1-6-12(11(14)7-8)18-9-2-4-10(5-3-9)19(15,16)17/h1-7H,(H,15,16,17)/p-1. The first kappa shape index (κ1) is 15.0. The van der Waals surface area contributed by atoms with Gasteiger partial charge in [-0.05, 0) is 87.6 Å². The molecule has 0 bridgehead atoms. The van der Waals surface area contributed by atoms with E-state index < -0.39 is 10.1 Å². The van der Waals surface area contributed by atoms with E-state index in [9.17, 15) is 13.0 Å². The van der Waals surface area contributed by atoms with E-state index in [1.807, 2.05) is 18.2 Å². The molecule has 0 aliphatic heterocycles. The molecule has 0 atom stereocenters. The molecule has 0 spiro atoms. The van der Waals surface area contributed by atoms with Gasteiger partial charge in [0.05, 0.1) is 8.47 Å². The van der Waals surface area contributed by atoms with Gasteiger partial charge in [0.1, 0.15) is 21.6 Å². The summed E-state index contributed by atoms with van der Waals surface area (Å²) < 4.78 is 40.1. The molecular weight excluding hydrogens is 494 g/mol. The van der Waals surface area contributed by atoms with Gasteiger partial charge in [-0.3, -0.25) is 0 Å². The molecule has 0 N–H and O–H groups in total. The van der Waals surface area contributed by atoms with Crippen LogP contribution in [0.25, 0.3) is 0 Å². The van der Waals surface area contributed by atoms with Crippen LogP contribution in [0.2, 0.25) is 0 Å².